The van der Waals surface area contributed by atoms with Crippen LogP contribution in [0.15, 0.2) is 40.2 Å². The standard InChI is InChI=1S/C16H16N2O2S2/c19-14(18-8-4-5-9-18)11-21-16-17-15(20)13(22-16)10-12-6-2-1-3-7-12/h1-3,6-7,10H,4-5,8-9,11H2. The maximum Gasteiger partial charge on any atom is 0.285 e. The predicted octanol–water partition coefficient (Wildman–Crippen LogP) is 3.01. The fourth-order valence-electron chi connectivity index (χ4n) is 2.33. The summed E-state index contributed by atoms with van der Waals surface area (Å²) in [6.07, 6.45) is 4.02. The minimum absolute atomic E-state index is 0.138. The van der Waals surface area contributed by atoms with Crippen LogP contribution in [-0.4, -0.2) is 39.9 Å². The van der Waals surface area contributed by atoms with Crippen LogP contribution in [0.25, 0.3) is 6.08 Å². The molecular formula is C16H16N2O2S2. The molecule has 0 unspecified atom stereocenters. The first-order chi connectivity index (χ1) is 10.7. The second-order valence-corrected chi connectivity index (χ2v) is 7.33. The molecule has 0 aromatic heterocycles. The van der Waals surface area contributed by atoms with E-state index in [4.69, 9.17) is 0 Å². The number of hydrogen-bond donors (Lipinski definition) is 0. The molecule has 6 heteroatoms. The van der Waals surface area contributed by atoms with Gasteiger partial charge in [-0.1, -0.05) is 53.9 Å². The fourth-order valence-corrected chi connectivity index (χ4v) is 4.24. The van der Waals surface area contributed by atoms with Gasteiger partial charge in [0.05, 0.1) is 10.7 Å². The number of rotatable bonds is 3. The SMILES string of the molecule is O=C1N=C(SCC(=O)N2CCCC2)SC1=Cc1ccccc1. The summed E-state index contributed by atoms with van der Waals surface area (Å²) >= 11 is 2.71. The molecule has 2 aliphatic rings. The van der Waals surface area contributed by atoms with Gasteiger partial charge in [0.15, 0.2) is 0 Å². The van der Waals surface area contributed by atoms with Crippen LogP contribution in [0.2, 0.25) is 0 Å². The van der Waals surface area contributed by atoms with E-state index >= 15 is 0 Å². The van der Waals surface area contributed by atoms with Gasteiger partial charge in [-0.3, -0.25) is 9.59 Å². The average molecular weight is 332 g/mol. The highest BCUT2D eigenvalue weighted by Gasteiger charge is 2.24. The molecule has 4 nitrogen and oxygen atoms in total. The van der Waals surface area contributed by atoms with Gasteiger partial charge < -0.3 is 4.90 Å². The normalized spacial score (nSPS) is 19.8. The number of amides is 2. The van der Waals surface area contributed by atoms with Crippen molar-refractivity contribution >= 4 is 45.8 Å². The Morgan fingerprint density at radius 2 is 2.00 bits per heavy atom. The molecule has 2 amide bonds. The van der Waals surface area contributed by atoms with Crippen LogP contribution in [0, 0.1) is 0 Å². The largest absolute Gasteiger partial charge is 0.342 e. The lowest BCUT2D eigenvalue weighted by molar-refractivity contribution is -0.127. The second kappa shape index (κ2) is 7.15. The van der Waals surface area contributed by atoms with Crippen molar-refractivity contribution in [2.24, 2.45) is 4.99 Å². The Balaban J connectivity index is 1.56. The van der Waals surface area contributed by atoms with Gasteiger partial charge in [-0.25, -0.2) is 0 Å². The third-order valence-electron chi connectivity index (χ3n) is 3.48. The van der Waals surface area contributed by atoms with E-state index < -0.39 is 0 Å². The van der Waals surface area contributed by atoms with Gasteiger partial charge in [-0.05, 0) is 24.5 Å². The summed E-state index contributed by atoms with van der Waals surface area (Å²) in [5.74, 6) is 0.279. The number of hydrogen-bond acceptors (Lipinski definition) is 4. The summed E-state index contributed by atoms with van der Waals surface area (Å²) in [5, 5.41) is 0. The summed E-state index contributed by atoms with van der Waals surface area (Å²) in [7, 11) is 0. The molecule has 0 radical (unpaired) electrons. The molecule has 1 saturated heterocycles. The van der Waals surface area contributed by atoms with Crippen molar-refractivity contribution in [2.45, 2.75) is 12.8 Å². The van der Waals surface area contributed by atoms with Crippen molar-refractivity contribution in [2.75, 3.05) is 18.8 Å². The van der Waals surface area contributed by atoms with Crippen molar-refractivity contribution in [3.8, 4) is 0 Å². The Hall–Kier alpha value is -1.53. The highest BCUT2D eigenvalue weighted by Crippen LogP contribution is 2.33. The molecule has 0 bridgehead atoms. The summed E-state index contributed by atoms with van der Waals surface area (Å²) in [4.78, 5) is 30.4. The fraction of sp³-hybridized carbons (Fsp3) is 0.312. The highest BCUT2D eigenvalue weighted by atomic mass is 32.2. The molecule has 1 fully saturated rings. The van der Waals surface area contributed by atoms with Crippen molar-refractivity contribution in [3.05, 3.63) is 40.8 Å². The van der Waals surface area contributed by atoms with E-state index in [1.54, 1.807) is 0 Å². The van der Waals surface area contributed by atoms with E-state index in [-0.39, 0.29) is 11.8 Å². The van der Waals surface area contributed by atoms with Crippen LogP contribution < -0.4 is 0 Å². The van der Waals surface area contributed by atoms with Crippen LogP contribution >= 0.6 is 23.5 Å². The molecule has 3 rings (SSSR count). The quantitative estimate of drug-likeness (QED) is 0.799. The third-order valence-corrected chi connectivity index (χ3v) is 5.59. The Kier molecular flexibility index (Phi) is 5.00. The molecule has 1 aromatic carbocycles. The van der Waals surface area contributed by atoms with Crippen LogP contribution in [0.3, 0.4) is 0 Å². The Morgan fingerprint density at radius 3 is 2.73 bits per heavy atom. The maximum atomic E-state index is 12.0. The lowest BCUT2D eigenvalue weighted by Gasteiger charge is -2.14. The van der Waals surface area contributed by atoms with Gasteiger partial charge in [-0.2, -0.15) is 4.99 Å². The molecule has 2 heterocycles. The number of carbonyl (C=O) groups is 2. The second-order valence-electron chi connectivity index (χ2n) is 5.08. The first-order valence-corrected chi connectivity index (χ1v) is 9.01. The summed E-state index contributed by atoms with van der Waals surface area (Å²) in [5.41, 5.74) is 0.980. The summed E-state index contributed by atoms with van der Waals surface area (Å²) in [6.45, 7) is 1.72. The van der Waals surface area contributed by atoms with E-state index in [0.29, 0.717) is 15.0 Å². The third kappa shape index (κ3) is 3.81. The Morgan fingerprint density at radius 1 is 1.27 bits per heavy atom. The molecule has 0 saturated carbocycles. The van der Waals surface area contributed by atoms with Crippen molar-refractivity contribution < 1.29 is 9.59 Å². The highest BCUT2D eigenvalue weighted by molar-refractivity contribution is 8.41. The van der Waals surface area contributed by atoms with Gasteiger partial charge in [-0.15, -0.1) is 0 Å². The summed E-state index contributed by atoms with van der Waals surface area (Å²) in [6, 6.07) is 9.70. The van der Waals surface area contributed by atoms with E-state index in [1.807, 2.05) is 41.3 Å². The maximum absolute atomic E-state index is 12.0. The smallest absolute Gasteiger partial charge is 0.285 e. The number of benzene rings is 1. The monoisotopic (exact) mass is 332 g/mol. The van der Waals surface area contributed by atoms with Gasteiger partial charge >= 0.3 is 0 Å². The number of nitrogens with zero attached hydrogens (tertiary/aromatic N) is 2. The molecule has 0 aliphatic carbocycles. The topological polar surface area (TPSA) is 49.7 Å². The van der Waals surface area contributed by atoms with Crippen LogP contribution in [0.5, 0.6) is 0 Å². The number of aliphatic imine (C=N–C) groups is 1. The van der Waals surface area contributed by atoms with Crippen molar-refractivity contribution in [1.29, 1.82) is 0 Å². The lowest BCUT2D eigenvalue weighted by atomic mass is 10.2. The average Bonchev–Trinajstić information content (AvgIpc) is 3.17. The number of thioether (sulfide) groups is 2. The molecule has 1 aromatic rings. The minimum Gasteiger partial charge on any atom is -0.342 e. The predicted molar refractivity (Wildman–Crippen MR) is 92.7 cm³/mol. The van der Waals surface area contributed by atoms with Gasteiger partial charge in [0, 0.05) is 13.1 Å². The molecule has 2 aliphatic heterocycles. The van der Waals surface area contributed by atoms with E-state index in [9.17, 15) is 9.59 Å². The molecule has 0 atom stereocenters. The first-order valence-electron chi connectivity index (χ1n) is 7.20. The Labute approximate surface area is 138 Å². The first kappa shape index (κ1) is 15.4. The van der Waals surface area contributed by atoms with Gasteiger partial charge in [0.2, 0.25) is 5.91 Å². The van der Waals surface area contributed by atoms with Crippen LogP contribution in [0.1, 0.15) is 18.4 Å². The van der Waals surface area contributed by atoms with Gasteiger partial charge in [0.25, 0.3) is 5.91 Å². The van der Waals surface area contributed by atoms with E-state index in [0.717, 1.165) is 31.5 Å². The molecule has 22 heavy (non-hydrogen) atoms. The number of carbonyl (C=O) groups excluding carboxylic acids is 2. The Bertz CT molecular complexity index is 635. The number of likely N-dealkylation sites (tertiary alicyclic amines) is 1. The van der Waals surface area contributed by atoms with Crippen LogP contribution in [-0.2, 0) is 9.59 Å². The zero-order valence-electron chi connectivity index (χ0n) is 12.0. The van der Waals surface area contributed by atoms with Gasteiger partial charge in [0.1, 0.15) is 4.38 Å². The zero-order valence-corrected chi connectivity index (χ0v) is 13.7. The van der Waals surface area contributed by atoms with Crippen LogP contribution in [0.4, 0.5) is 0 Å². The minimum atomic E-state index is -0.218. The van der Waals surface area contributed by atoms with E-state index in [1.165, 1.54) is 23.5 Å². The molecular weight excluding hydrogens is 316 g/mol. The molecule has 0 spiro atoms. The van der Waals surface area contributed by atoms with Crippen molar-refractivity contribution in [1.82, 2.24) is 4.90 Å². The van der Waals surface area contributed by atoms with Crippen molar-refractivity contribution in [3.63, 3.8) is 0 Å². The zero-order chi connectivity index (χ0) is 15.4. The molecule has 0 N–H and O–H groups in total. The lowest BCUT2D eigenvalue weighted by Crippen LogP contribution is -2.29. The molecule has 114 valence electrons. The summed E-state index contributed by atoms with van der Waals surface area (Å²) < 4.78 is 0.666. The van der Waals surface area contributed by atoms with E-state index in [2.05, 4.69) is 4.99 Å².